The molecule has 4 aliphatic heterocycles. The summed E-state index contributed by atoms with van der Waals surface area (Å²) in [6.45, 7) is 4.43. The van der Waals surface area contributed by atoms with Crippen molar-refractivity contribution in [2.45, 2.75) is 101 Å². The number of halogens is 5. The van der Waals surface area contributed by atoms with Crippen molar-refractivity contribution < 1.29 is 56.0 Å². The minimum absolute atomic E-state index is 0.000143. The number of hydrogen-bond donors (Lipinski definition) is 5. The highest BCUT2D eigenvalue weighted by Crippen LogP contribution is 2.52. The zero-order valence-corrected chi connectivity index (χ0v) is 47.4. The minimum Gasteiger partial charge on any atom is -0.486 e. The molecule has 0 aliphatic carbocycles. The number of β-amino-alcohol motifs (C(OH)–C–C–N with tert-alkyl or cyclic N) is 1. The van der Waals surface area contributed by atoms with Gasteiger partial charge in [0.2, 0.25) is 11.8 Å². The average Bonchev–Trinajstić information content (AvgIpc) is 1.38. The Morgan fingerprint density at radius 2 is 1.70 bits per heavy atom. The van der Waals surface area contributed by atoms with Crippen LogP contribution < -0.4 is 30.7 Å². The number of thiophene rings is 1. The summed E-state index contributed by atoms with van der Waals surface area (Å²) < 4.78 is 98.2. The molecule has 4 fully saturated rings. The van der Waals surface area contributed by atoms with Crippen LogP contribution >= 0.6 is 11.3 Å². The zero-order chi connectivity index (χ0) is 60.1. The summed E-state index contributed by atoms with van der Waals surface area (Å²) in [5.74, 6) is -2.86. The Kier molecular flexibility index (Phi) is 16.1. The summed E-state index contributed by atoms with van der Waals surface area (Å²) in [6, 6.07) is 18.4. The normalized spacial score (nSPS) is 19.7. The van der Waals surface area contributed by atoms with Gasteiger partial charge in [0, 0.05) is 84.6 Å². The number of fused-ring (bicyclic) bond motifs is 4. The number of carbonyl (C=O) groups is 2. The first kappa shape index (κ1) is 58.0. The van der Waals surface area contributed by atoms with E-state index in [2.05, 4.69) is 25.9 Å². The molecule has 0 radical (unpaired) electrons. The van der Waals surface area contributed by atoms with Gasteiger partial charge in [-0.3, -0.25) is 14.6 Å². The number of nitriles is 1. The fourth-order valence-corrected chi connectivity index (χ4v) is 13.1. The third kappa shape index (κ3) is 11.3. The Labute approximate surface area is 493 Å². The van der Waals surface area contributed by atoms with Crippen LogP contribution in [0.25, 0.3) is 54.6 Å². The molecule has 0 spiro atoms. The monoisotopic (exact) mass is 1200 g/mol. The van der Waals surface area contributed by atoms with Crippen molar-refractivity contribution in [2.75, 3.05) is 50.1 Å². The predicted octanol–water partition coefficient (Wildman–Crippen LogP) is 8.67. The van der Waals surface area contributed by atoms with Gasteiger partial charge in [-0.25, -0.2) is 13.5 Å². The van der Waals surface area contributed by atoms with Crippen LogP contribution in [0.3, 0.4) is 0 Å². The largest absolute Gasteiger partial charge is 0.486 e. The molecule has 8 heterocycles. The SMILES string of the molecule is CC(C)[C@@H](C(=O)N1C[C@H](O)C[C@H]1C(=O)N[C@@H](CO)c1ccc(-c2ncccc2F)cc1)n1cc(-c2ccc(COc3c(-c4ccc(F)c5sc(N)c(C#N)c45)c(C(F)(F)F)cc4c(N5CC6CCC(C5)N6)nc(OC5CCOCC5)nc34)cc2)nn1. The van der Waals surface area contributed by atoms with Gasteiger partial charge in [-0.1, -0.05) is 73.7 Å². The molecular formula is C61H59F5N12O7S. The number of nitrogens with one attached hydrogen (secondary N) is 2. The van der Waals surface area contributed by atoms with Crippen LogP contribution in [-0.2, 0) is 27.1 Å². The summed E-state index contributed by atoms with van der Waals surface area (Å²) >= 11 is 0.755. The van der Waals surface area contributed by atoms with Gasteiger partial charge in [0.25, 0.3) is 0 Å². The first-order valence-corrected chi connectivity index (χ1v) is 29.1. The van der Waals surface area contributed by atoms with E-state index in [0.29, 0.717) is 67.1 Å². The van der Waals surface area contributed by atoms with Gasteiger partial charge in [0.15, 0.2) is 5.75 Å². The van der Waals surface area contributed by atoms with Crippen molar-refractivity contribution in [3.8, 4) is 51.5 Å². The summed E-state index contributed by atoms with van der Waals surface area (Å²) in [6.07, 6.45) is -0.628. The van der Waals surface area contributed by atoms with Gasteiger partial charge in [-0.15, -0.1) is 16.4 Å². The van der Waals surface area contributed by atoms with Crippen molar-refractivity contribution in [1.29, 1.82) is 5.26 Å². The molecule has 0 saturated carbocycles. The molecule has 25 heteroatoms. The molecule has 4 aromatic carbocycles. The lowest BCUT2D eigenvalue weighted by atomic mass is 9.92. The first-order valence-electron chi connectivity index (χ1n) is 28.3. The number of pyridine rings is 1. The van der Waals surface area contributed by atoms with Crippen molar-refractivity contribution in [3.05, 3.63) is 125 Å². The minimum atomic E-state index is -5.04. The second-order valence-corrected chi connectivity index (χ2v) is 23.5. The molecule has 4 saturated heterocycles. The van der Waals surface area contributed by atoms with E-state index in [1.807, 2.05) is 11.0 Å². The van der Waals surface area contributed by atoms with Crippen molar-refractivity contribution >= 4 is 55.0 Å². The summed E-state index contributed by atoms with van der Waals surface area (Å²) in [5, 5.41) is 46.6. The number of nitrogen functional groups attached to an aromatic ring is 1. The van der Waals surface area contributed by atoms with Crippen LogP contribution in [0, 0.1) is 28.9 Å². The van der Waals surface area contributed by atoms with Crippen LogP contribution in [0.15, 0.2) is 91.3 Å². The standard InChI is InChI=1S/C61H59F5N12O7S/c1-31(2)53(59(82)77-27-38(80)22-48(77)58(81)71-47(29-79)34-9-11-35(12-10-34)51-44(62)4-3-19-69-51)78-28-46(74-75-78)33-7-5-32(6-8-33)30-84-54-50(40-15-16-45(63)55-49(40)42(24-67)56(68)86-55)43(61(64,65)66)23-41-52(54)72-60(85-39-17-20-83-21-18-39)73-57(41)76-25-36-13-14-37(26-76)70-36/h3-12,15-16,19,23,28,31,36-39,47-48,53,70,79-80H,13-14,17-18,20-22,25-27,29-30,68H2,1-2H3,(H,71,81)/t36?,37?,38-,47+,48+,53+/m1/s1. The Bertz CT molecular complexity index is 3900. The van der Waals surface area contributed by atoms with E-state index in [1.165, 1.54) is 34.0 Å². The number of likely N-dealkylation sites (tertiary alicyclic amines) is 1. The smallest absolute Gasteiger partial charge is 0.417 e. The Morgan fingerprint density at radius 1 is 0.965 bits per heavy atom. The molecule has 446 valence electrons. The Morgan fingerprint density at radius 3 is 2.38 bits per heavy atom. The van der Waals surface area contributed by atoms with Crippen molar-refractivity contribution in [1.82, 2.24) is 45.5 Å². The molecule has 4 aliphatic rings. The van der Waals surface area contributed by atoms with E-state index in [-0.39, 0.29) is 98.1 Å². The zero-order valence-electron chi connectivity index (χ0n) is 46.6. The van der Waals surface area contributed by atoms with Crippen LogP contribution in [0.5, 0.6) is 11.8 Å². The number of anilines is 2. The third-order valence-electron chi connectivity index (χ3n) is 16.4. The maximum absolute atomic E-state index is 16.0. The number of nitrogens with two attached hydrogens (primary N) is 1. The van der Waals surface area contributed by atoms with Crippen LogP contribution in [0.1, 0.15) is 80.3 Å². The molecular weight excluding hydrogens is 1140 g/mol. The molecule has 4 aromatic heterocycles. The predicted molar refractivity (Wildman–Crippen MR) is 308 cm³/mol. The number of hydrogen-bond acceptors (Lipinski definition) is 17. The van der Waals surface area contributed by atoms with Crippen LogP contribution in [0.2, 0.25) is 0 Å². The maximum atomic E-state index is 16.0. The number of piperazine rings is 1. The first-order chi connectivity index (χ1) is 41.4. The van der Waals surface area contributed by atoms with E-state index in [4.69, 9.17) is 29.9 Å². The number of alkyl halides is 3. The molecule has 8 aromatic rings. The number of aliphatic hydroxyl groups excluding tert-OH is 2. The Hall–Kier alpha value is -8.41. The number of rotatable bonds is 16. The highest BCUT2D eigenvalue weighted by atomic mass is 32.1. The van der Waals surface area contributed by atoms with E-state index in [0.717, 1.165) is 36.3 Å². The van der Waals surface area contributed by atoms with E-state index in [1.54, 1.807) is 68.6 Å². The lowest BCUT2D eigenvalue weighted by molar-refractivity contribution is -0.142. The van der Waals surface area contributed by atoms with Crippen molar-refractivity contribution in [3.63, 3.8) is 0 Å². The number of amides is 2. The number of benzene rings is 4. The highest BCUT2D eigenvalue weighted by molar-refractivity contribution is 7.23. The highest BCUT2D eigenvalue weighted by Gasteiger charge is 2.44. The average molecular weight is 1200 g/mol. The fraction of sp³-hybridized carbons (Fsp3) is 0.377. The molecule has 6 atom stereocenters. The topological polar surface area (TPSA) is 252 Å². The van der Waals surface area contributed by atoms with Gasteiger partial charge in [-0.2, -0.15) is 28.4 Å². The van der Waals surface area contributed by atoms with Gasteiger partial charge in [0.1, 0.15) is 70.2 Å². The maximum Gasteiger partial charge on any atom is 0.417 e. The van der Waals surface area contributed by atoms with Crippen LogP contribution in [-0.4, -0.2) is 127 Å². The summed E-state index contributed by atoms with van der Waals surface area (Å²) in [7, 11) is 0. The number of nitrogens with zero attached hydrogens (tertiary/aromatic N) is 9. The third-order valence-corrected chi connectivity index (χ3v) is 17.4. The fourth-order valence-electron chi connectivity index (χ4n) is 12.2. The second kappa shape index (κ2) is 23.8. The Balaban J connectivity index is 0.846. The molecule has 6 N–H and O–H groups in total. The van der Waals surface area contributed by atoms with E-state index < -0.39 is 77.5 Å². The number of ether oxygens (including phenoxy) is 3. The molecule has 12 rings (SSSR count). The molecule has 86 heavy (non-hydrogen) atoms. The number of carbonyl (C=O) groups excluding carboxylic acids is 2. The quantitative estimate of drug-likeness (QED) is 0.0568. The second-order valence-electron chi connectivity index (χ2n) is 22.4. The van der Waals surface area contributed by atoms with E-state index >= 15 is 17.6 Å². The molecule has 2 unspecified atom stereocenters. The molecule has 19 nitrogen and oxygen atoms in total. The summed E-state index contributed by atoms with van der Waals surface area (Å²) in [5.41, 5.74) is 6.86. The summed E-state index contributed by atoms with van der Waals surface area (Å²) in [4.78, 5) is 45.7. The van der Waals surface area contributed by atoms with Crippen molar-refractivity contribution in [2.24, 2.45) is 5.92 Å². The lowest BCUT2D eigenvalue weighted by Crippen LogP contribution is -2.51. The number of aliphatic hydroxyl groups is 2. The van der Waals surface area contributed by atoms with Gasteiger partial charge in [-0.05, 0) is 59.7 Å². The van der Waals surface area contributed by atoms with E-state index in [9.17, 15) is 29.5 Å². The lowest BCUT2D eigenvalue weighted by Gasteiger charge is -2.35. The van der Waals surface area contributed by atoms with Gasteiger partial charge < -0.3 is 50.6 Å². The van der Waals surface area contributed by atoms with Gasteiger partial charge >= 0.3 is 12.2 Å². The van der Waals surface area contributed by atoms with Gasteiger partial charge in [0.05, 0.1) is 54.0 Å². The molecule has 2 amide bonds. The number of aromatic nitrogens is 6. The molecule has 2 bridgehead atoms. The van der Waals surface area contributed by atoms with Crippen LogP contribution in [0.4, 0.5) is 32.8 Å².